The van der Waals surface area contributed by atoms with E-state index in [1.165, 1.54) is 18.9 Å². The number of thioether (sulfide) groups is 1. The van der Waals surface area contributed by atoms with Crippen molar-refractivity contribution in [1.29, 1.82) is 0 Å². The van der Waals surface area contributed by atoms with Gasteiger partial charge in [-0.2, -0.15) is 0 Å². The van der Waals surface area contributed by atoms with E-state index in [1.54, 1.807) is 0 Å². The maximum Gasteiger partial charge on any atom is 0.315 e. The zero-order chi connectivity index (χ0) is 12.0. The summed E-state index contributed by atoms with van der Waals surface area (Å²) in [5.41, 5.74) is 1.01. The van der Waals surface area contributed by atoms with E-state index in [-0.39, 0.29) is 5.97 Å². The number of hydrogen-bond donors (Lipinski definition) is 1. The molecule has 5 heteroatoms. The fraction of sp³-hybridized carbons (Fsp3) is 0.364. The number of rotatable bonds is 5. The third-order valence-corrected chi connectivity index (χ3v) is 3.43. The lowest BCUT2D eigenvalue weighted by Crippen LogP contribution is -2.08. The summed E-state index contributed by atoms with van der Waals surface area (Å²) < 4.78 is 4.59. The lowest BCUT2D eigenvalue weighted by Gasteiger charge is -2.09. The first kappa shape index (κ1) is 13.4. The van der Waals surface area contributed by atoms with Crippen LogP contribution in [0.25, 0.3) is 0 Å². The second-order valence-electron chi connectivity index (χ2n) is 3.11. The normalized spacial score (nSPS) is 10.2. The second kappa shape index (κ2) is 6.78. The van der Waals surface area contributed by atoms with E-state index in [9.17, 15) is 4.79 Å². The van der Waals surface area contributed by atoms with E-state index in [4.69, 9.17) is 11.6 Å². The van der Waals surface area contributed by atoms with Gasteiger partial charge in [0, 0.05) is 16.5 Å². The van der Waals surface area contributed by atoms with Crippen LogP contribution in [0.15, 0.2) is 23.1 Å². The maximum absolute atomic E-state index is 11.0. The Labute approximate surface area is 105 Å². The molecule has 1 rings (SSSR count). The monoisotopic (exact) mass is 259 g/mol. The predicted octanol–water partition coefficient (Wildman–Crippen LogP) is 2.32. The summed E-state index contributed by atoms with van der Waals surface area (Å²) in [7, 11) is 3.24. The highest BCUT2D eigenvalue weighted by molar-refractivity contribution is 8.00. The first-order valence-electron chi connectivity index (χ1n) is 4.80. The van der Waals surface area contributed by atoms with E-state index in [2.05, 4.69) is 10.1 Å². The Kier molecular flexibility index (Phi) is 5.66. The smallest absolute Gasteiger partial charge is 0.315 e. The Morgan fingerprint density at radius 3 is 2.94 bits per heavy atom. The molecule has 88 valence electrons. The lowest BCUT2D eigenvalue weighted by atomic mass is 10.2. The summed E-state index contributed by atoms with van der Waals surface area (Å²) in [6, 6.07) is 5.67. The minimum absolute atomic E-state index is 0.236. The molecule has 0 unspecified atom stereocenters. The number of carbonyl (C=O) groups is 1. The largest absolute Gasteiger partial charge is 0.468 e. The first-order valence-corrected chi connectivity index (χ1v) is 6.17. The number of nitrogens with one attached hydrogen (secondary N) is 1. The fourth-order valence-electron chi connectivity index (χ4n) is 1.22. The molecular weight excluding hydrogens is 246 g/mol. The predicted molar refractivity (Wildman–Crippen MR) is 67.0 cm³/mol. The molecule has 0 aliphatic heterocycles. The third kappa shape index (κ3) is 3.70. The standard InChI is InChI=1S/C11H14ClNO2S/c1-13-6-8-9(12)4-3-5-10(8)16-7-11(14)15-2/h3-5,13H,6-7H2,1-2H3. The van der Waals surface area contributed by atoms with Crippen LogP contribution in [0.3, 0.4) is 0 Å². The first-order chi connectivity index (χ1) is 7.69. The third-order valence-electron chi connectivity index (χ3n) is 2.00. The van der Waals surface area contributed by atoms with Gasteiger partial charge in [-0.3, -0.25) is 4.79 Å². The van der Waals surface area contributed by atoms with Crippen LogP contribution in [-0.4, -0.2) is 25.9 Å². The van der Waals surface area contributed by atoms with E-state index in [0.29, 0.717) is 17.3 Å². The number of carbonyl (C=O) groups excluding carboxylic acids is 1. The van der Waals surface area contributed by atoms with Crippen molar-refractivity contribution in [2.75, 3.05) is 19.9 Å². The molecule has 0 heterocycles. The van der Waals surface area contributed by atoms with Gasteiger partial charge in [-0.1, -0.05) is 17.7 Å². The Bertz CT molecular complexity index is 371. The van der Waals surface area contributed by atoms with Crippen molar-refractivity contribution >= 4 is 29.3 Å². The summed E-state index contributed by atoms with van der Waals surface area (Å²) in [5.74, 6) is 0.0634. The van der Waals surface area contributed by atoms with Crippen LogP contribution in [0.1, 0.15) is 5.56 Å². The molecule has 0 atom stereocenters. The Morgan fingerprint density at radius 2 is 2.31 bits per heavy atom. The highest BCUT2D eigenvalue weighted by Crippen LogP contribution is 2.28. The van der Waals surface area contributed by atoms with E-state index >= 15 is 0 Å². The van der Waals surface area contributed by atoms with E-state index < -0.39 is 0 Å². The zero-order valence-electron chi connectivity index (χ0n) is 9.25. The van der Waals surface area contributed by atoms with Gasteiger partial charge in [0.05, 0.1) is 12.9 Å². The van der Waals surface area contributed by atoms with Gasteiger partial charge in [-0.05, 0) is 24.7 Å². The van der Waals surface area contributed by atoms with Crippen molar-refractivity contribution in [1.82, 2.24) is 5.32 Å². The molecule has 0 amide bonds. The van der Waals surface area contributed by atoms with Gasteiger partial charge in [-0.25, -0.2) is 0 Å². The molecule has 3 nitrogen and oxygen atoms in total. The van der Waals surface area contributed by atoms with Crippen LogP contribution in [-0.2, 0) is 16.1 Å². The number of ether oxygens (including phenoxy) is 1. The summed E-state index contributed by atoms with van der Waals surface area (Å²) in [6.45, 7) is 0.684. The Hall–Kier alpha value is -0.710. The van der Waals surface area contributed by atoms with Crippen LogP contribution in [0.2, 0.25) is 5.02 Å². The van der Waals surface area contributed by atoms with Crippen molar-refractivity contribution in [3.05, 3.63) is 28.8 Å². The lowest BCUT2D eigenvalue weighted by molar-refractivity contribution is -0.137. The molecule has 0 spiro atoms. The van der Waals surface area contributed by atoms with Crippen molar-refractivity contribution in [2.45, 2.75) is 11.4 Å². The highest BCUT2D eigenvalue weighted by Gasteiger charge is 2.09. The minimum Gasteiger partial charge on any atom is -0.468 e. The molecule has 0 aliphatic rings. The molecule has 16 heavy (non-hydrogen) atoms. The van der Waals surface area contributed by atoms with Crippen LogP contribution >= 0.6 is 23.4 Å². The molecule has 0 saturated heterocycles. The summed E-state index contributed by atoms with van der Waals surface area (Å²) >= 11 is 7.52. The average molecular weight is 260 g/mol. The van der Waals surface area contributed by atoms with Crippen LogP contribution in [0.5, 0.6) is 0 Å². The van der Waals surface area contributed by atoms with Gasteiger partial charge in [0.2, 0.25) is 0 Å². The second-order valence-corrected chi connectivity index (χ2v) is 4.54. The van der Waals surface area contributed by atoms with Crippen LogP contribution in [0, 0.1) is 0 Å². The van der Waals surface area contributed by atoms with Crippen molar-refractivity contribution in [3.63, 3.8) is 0 Å². The Balaban J connectivity index is 2.78. The molecular formula is C11H14ClNO2S. The van der Waals surface area contributed by atoms with E-state index in [1.807, 2.05) is 25.2 Å². The topological polar surface area (TPSA) is 38.3 Å². The summed E-state index contributed by atoms with van der Waals surface area (Å²) in [4.78, 5) is 12.1. The highest BCUT2D eigenvalue weighted by atomic mass is 35.5. The van der Waals surface area contributed by atoms with Crippen LogP contribution < -0.4 is 5.32 Å². The van der Waals surface area contributed by atoms with Gasteiger partial charge >= 0.3 is 5.97 Å². The molecule has 0 radical (unpaired) electrons. The molecule has 0 aliphatic carbocycles. The average Bonchev–Trinajstić information content (AvgIpc) is 2.29. The van der Waals surface area contributed by atoms with Crippen molar-refractivity contribution in [3.8, 4) is 0 Å². The van der Waals surface area contributed by atoms with Gasteiger partial charge in [-0.15, -0.1) is 11.8 Å². The molecule has 0 aromatic heterocycles. The Morgan fingerprint density at radius 1 is 1.56 bits per heavy atom. The zero-order valence-corrected chi connectivity index (χ0v) is 10.8. The number of benzene rings is 1. The number of hydrogen-bond acceptors (Lipinski definition) is 4. The van der Waals surface area contributed by atoms with Gasteiger partial charge in [0.25, 0.3) is 0 Å². The summed E-state index contributed by atoms with van der Waals surface area (Å²) in [5, 5.41) is 3.77. The molecule has 1 aromatic carbocycles. The van der Waals surface area contributed by atoms with E-state index in [0.717, 1.165) is 10.5 Å². The number of esters is 1. The van der Waals surface area contributed by atoms with Crippen molar-refractivity contribution < 1.29 is 9.53 Å². The van der Waals surface area contributed by atoms with Crippen LogP contribution in [0.4, 0.5) is 0 Å². The number of halogens is 1. The molecule has 0 fully saturated rings. The van der Waals surface area contributed by atoms with Gasteiger partial charge in [0.15, 0.2) is 0 Å². The molecule has 1 N–H and O–H groups in total. The molecule has 0 bridgehead atoms. The number of methoxy groups -OCH3 is 1. The fourth-order valence-corrected chi connectivity index (χ4v) is 2.44. The van der Waals surface area contributed by atoms with Gasteiger partial charge < -0.3 is 10.1 Å². The molecule has 0 saturated carbocycles. The maximum atomic E-state index is 11.0. The quantitative estimate of drug-likeness (QED) is 0.651. The molecule has 1 aromatic rings. The van der Waals surface area contributed by atoms with Crippen molar-refractivity contribution in [2.24, 2.45) is 0 Å². The summed E-state index contributed by atoms with van der Waals surface area (Å²) in [6.07, 6.45) is 0. The minimum atomic E-state index is -0.236. The van der Waals surface area contributed by atoms with Gasteiger partial charge in [0.1, 0.15) is 0 Å². The SMILES string of the molecule is CNCc1c(Cl)cccc1SCC(=O)OC.